The Morgan fingerprint density at radius 3 is 1.22 bits per heavy atom. The number of hydrogen-bond acceptors (Lipinski definition) is 8. The van der Waals surface area contributed by atoms with E-state index in [4.69, 9.17) is 9.47 Å². The summed E-state index contributed by atoms with van der Waals surface area (Å²) in [7, 11) is 0. The third kappa shape index (κ3) is 3.79. The zero-order valence-corrected chi connectivity index (χ0v) is 16.1. The van der Waals surface area contributed by atoms with Crippen molar-refractivity contribution in [1.82, 2.24) is 0 Å². The van der Waals surface area contributed by atoms with Gasteiger partial charge in [-0.15, -0.1) is 0 Å². The van der Waals surface area contributed by atoms with E-state index in [2.05, 4.69) is 0 Å². The highest BCUT2D eigenvalue weighted by Crippen LogP contribution is 2.31. The lowest BCUT2D eigenvalue weighted by molar-refractivity contribution is -0.385. The Bertz CT molecular complexity index is 1190. The molecule has 0 aromatic heterocycles. The summed E-state index contributed by atoms with van der Waals surface area (Å²) >= 11 is 0. The molecule has 0 spiro atoms. The number of nitro benzene ring substituents is 2. The molecule has 0 saturated carbocycles. The fraction of sp³-hybridized carbons (Fsp3) is 0. The van der Waals surface area contributed by atoms with Gasteiger partial charge in [0.25, 0.3) is 11.4 Å². The van der Waals surface area contributed by atoms with Gasteiger partial charge in [0.05, 0.1) is 9.85 Å². The fourth-order valence-electron chi connectivity index (χ4n) is 3.02. The molecule has 1 aliphatic carbocycles. The first-order chi connectivity index (χ1) is 15.3. The number of ether oxygens (including phenoxy) is 2. The van der Waals surface area contributed by atoms with Gasteiger partial charge >= 0.3 is 0 Å². The number of rotatable bonds is 6. The highest BCUT2D eigenvalue weighted by Gasteiger charge is 2.36. The number of ketones is 2. The van der Waals surface area contributed by atoms with Crippen LogP contribution in [0.4, 0.5) is 11.4 Å². The van der Waals surface area contributed by atoms with E-state index in [0.717, 1.165) is 0 Å². The summed E-state index contributed by atoms with van der Waals surface area (Å²) in [6.07, 6.45) is 0. The number of fused-ring (bicyclic) bond motifs is 1. The number of nitrogens with zero attached hydrogens (tertiary/aromatic N) is 2. The van der Waals surface area contributed by atoms with Crippen LogP contribution in [0.3, 0.4) is 0 Å². The number of non-ortho nitro benzene ring substituents is 2. The Labute approximate surface area is 179 Å². The van der Waals surface area contributed by atoms with Gasteiger partial charge in [0.1, 0.15) is 11.5 Å². The van der Waals surface area contributed by atoms with Gasteiger partial charge in [-0.2, -0.15) is 0 Å². The summed E-state index contributed by atoms with van der Waals surface area (Å²) in [5.41, 5.74) is -0.119. The average Bonchev–Trinajstić information content (AvgIpc) is 2.80. The van der Waals surface area contributed by atoms with Gasteiger partial charge in [0.2, 0.25) is 23.1 Å². The molecule has 3 aromatic rings. The lowest BCUT2D eigenvalue weighted by Crippen LogP contribution is -2.27. The molecule has 0 unspecified atom stereocenters. The van der Waals surface area contributed by atoms with E-state index in [1.54, 1.807) is 12.1 Å². The van der Waals surface area contributed by atoms with Crippen molar-refractivity contribution in [2.45, 2.75) is 0 Å². The highest BCUT2D eigenvalue weighted by molar-refractivity contribution is 6.25. The topological polar surface area (TPSA) is 139 Å². The molecule has 0 atom stereocenters. The van der Waals surface area contributed by atoms with Gasteiger partial charge < -0.3 is 9.47 Å². The van der Waals surface area contributed by atoms with Gasteiger partial charge in [-0.25, -0.2) is 0 Å². The minimum atomic E-state index is -0.615. The normalized spacial score (nSPS) is 12.9. The molecule has 10 nitrogen and oxygen atoms in total. The quantitative estimate of drug-likeness (QED) is 0.416. The van der Waals surface area contributed by atoms with Crippen molar-refractivity contribution < 1.29 is 28.9 Å². The molecule has 4 rings (SSSR count). The molecule has 0 aliphatic heterocycles. The molecule has 1 aliphatic rings. The van der Waals surface area contributed by atoms with Crippen LogP contribution in [0.25, 0.3) is 0 Å². The summed E-state index contributed by atoms with van der Waals surface area (Å²) in [5, 5.41) is 21.7. The van der Waals surface area contributed by atoms with Crippen LogP contribution in [0.1, 0.15) is 20.7 Å². The van der Waals surface area contributed by atoms with Crippen LogP contribution >= 0.6 is 0 Å². The Kier molecular flexibility index (Phi) is 5.17. The Hall–Kier alpha value is -4.86. The third-order valence-electron chi connectivity index (χ3n) is 4.57. The molecule has 0 N–H and O–H groups in total. The van der Waals surface area contributed by atoms with Gasteiger partial charge in [-0.1, -0.05) is 24.3 Å². The van der Waals surface area contributed by atoms with Crippen molar-refractivity contribution in [3.8, 4) is 11.5 Å². The monoisotopic (exact) mass is 432 g/mol. The number of Topliss-reactive ketones (excluding diaryl/α,β-unsaturated/α-hetero) is 2. The Morgan fingerprint density at radius 2 is 0.906 bits per heavy atom. The largest absolute Gasteiger partial charge is 0.449 e. The van der Waals surface area contributed by atoms with Crippen LogP contribution in [0.5, 0.6) is 11.5 Å². The molecule has 3 aromatic carbocycles. The summed E-state index contributed by atoms with van der Waals surface area (Å²) in [4.78, 5) is 46.7. The number of carbonyl (C=O) groups excluding carboxylic acids is 2. The van der Waals surface area contributed by atoms with Crippen molar-refractivity contribution in [3.05, 3.63) is 116 Å². The van der Waals surface area contributed by atoms with Crippen molar-refractivity contribution >= 4 is 22.9 Å². The fourth-order valence-corrected chi connectivity index (χ4v) is 3.02. The Balaban J connectivity index is 1.75. The van der Waals surface area contributed by atoms with E-state index < -0.39 is 32.9 Å². The zero-order valence-electron chi connectivity index (χ0n) is 16.1. The van der Waals surface area contributed by atoms with E-state index >= 15 is 0 Å². The summed E-state index contributed by atoms with van der Waals surface area (Å²) < 4.78 is 11.3. The van der Waals surface area contributed by atoms with Crippen LogP contribution in [0, 0.1) is 20.2 Å². The summed E-state index contributed by atoms with van der Waals surface area (Å²) in [5.74, 6) is -1.88. The predicted molar refractivity (Wildman–Crippen MR) is 110 cm³/mol. The highest BCUT2D eigenvalue weighted by atomic mass is 16.6. The van der Waals surface area contributed by atoms with E-state index in [0.29, 0.717) is 0 Å². The van der Waals surface area contributed by atoms with E-state index in [1.165, 1.54) is 60.7 Å². The maximum atomic E-state index is 13.1. The SMILES string of the molecule is O=C1C(Oc2ccc([N+](=O)[O-])cc2)=C(Oc2ccc([N+](=O)[O-])cc2)C(=O)c2ccccc21. The van der Waals surface area contributed by atoms with Crippen LogP contribution in [-0.4, -0.2) is 21.4 Å². The molecular formula is C22H12N2O8. The van der Waals surface area contributed by atoms with Gasteiger partial charge in [0.15, 0.2) is 0 Å². The van der Waals surface area contributed by atoms with Crippen molar-refractivity contribution in [2.24, 2.45) is 0 Å². The van der Waals surface area contributed by atoms with Gasteiger partial charge in [-0.05, 0) is 24.3 Å². The first-order valence-electron chi connectivity index (χ1n) is 9.12. The molecule has 0 radical (unpaired) electrons. The molecule has 0 saturated heterocycles. The number of allylic oxidation sites excluding steroid dienone is 2. The molecule has 0 heterocycles. The van der Waals surface area contributed by atoms with Crippen molar-refractivity contribution in [3.63, 3.8) is 0 Å². The van der Waals surface area contributed by atoms with E-state index in [1.807, 2.05) is 0 Å². The van der Waals surface area contributed by atoms with Gasteiger partial charge in [0, 0.05) is 35.4 Å². The van der Waals surface area contributed by atoms with Crippen LogP contribution in [0.2, 0.25) is 0 Å². The standard InChI is InChI=1S/C22H12N2O8/c25-19-17-3-1-2-4-18(17)20(26)22(32-16-11-7-14(8-12-16)24(29)30)21(19)31-15-9-5-13(6-10-15)23(27)28/h1-12H. The minimum absolute atomic E-state index is 0.0796. The summed E-state index contributed by atoms with van der Waals surface area (Å²) in [6.45, 7) is 0. The molecule has 10 heteroatoms. The second-order valence-electron chi connectivity index (χ2n) is 6.57. The molecule has 158 valence electrons. The second kappa shape index (κ2) is 8.11. The van der Waals surface area contributed by atoms with Gasteiger partial charge in [-0.3, -0.25) is 29.8 Å². The number of carbonyl (C=O) groups is 2. The number of benzene rings is 3. The first-order valence-corrected chi connectivity index (χ1v) is 9.12. The number of hydrogen-bond donors (Lipinski definition) is 0. The Morgan fingerprint density at radius 1 is 0.562 bits per heavy atom. The second-order valence-corrected chi connectivity index (χ2v) is 6.57. The lowest BCUT2D eigenvalue weighted by Gasteiger charge is -2.21. The smallest absolute Gasteiger partial charge is 0.269 e. The molecule has 0 fully saturated rings. The minimum Gasteiger partial charge on any atom is -0.449 e. The van der Waals surface area contributed by atoms with E-state index in [9.17, 15) is 29.8 Å². The molecule has 0 amide bonds. The maximum absolute atomic E-state index is 13.1. The van der Waals surface area contributed by atoms with Crippen LogP contribution in [0.15, 0.2) is 84.3 Å². The third-order valence-corrected chi connectivity index (χ3v) is 4.57. The first kappa shape index (κ1) is 20.4. The van der Waals surface area contributed by atoms with Crippen molar-refractivity contribution in [2.75, 3.05) is 0 Å². The zero-order chi connectivity index (χ0) is 22.8. The molecule has 32 heavy (non-hydrogen) atoms. The summed E-state index contributed by atoms with van der Waals surface area (Å²) in [6, 6.07) is 16.0. The maximum Gasteiger partial charge on any atom is 0.269 e. The van der Waals surface area contributed by atoms with Crippen LogP contribution < -0.4 is 9.47 Å². The van der Waals surface area contributed by atoms with Crippen LogP contribution in [-0.2, 0) is 0 Å². The molecular weight excluding hydrogens is 420 g/mol. The van der Waals surface area contributed by atoms with E-state index in [-0.39, 0.29) is 34.0 Å². The lowest BCUT2D eigenvalue weighted by atomic mass is 9.92. The molecule has 0 bridgehead atoms. The number of nitro groups is 2. The average molecular weight is 432 g/mol. The van der Waals surface area contributed by atoms with Crippen molar-refractivity contribution in [1.29, 1.82) is 0 Å². The predicted octanol–water partition coefficient (Wildman–Crippen LogP) is 4.25.